The number of nitrogens with zero attached hydrogens (tertiary/aromatic N) is 4. The fourth-order valence-corrected chi connectivity index (χ4v) is 4.39. The number of fused-ring (bicyclic) bond motifs is 1. The van der Waals surface area contributed by atoms with Crippen LogP contribution in [0, 0.1) is 5.82 Å². The van der Waals surface area contributed by atoms with Crippen LogP contribution in [0.25, 0.3) is 11.0 Å². The summed E-state index contributed by atoms with van der Waals surface area (Å²) < 4.78 is 43.1. The summed E-state index contributed by atoms with van der Waals surface area (Å²) in [6, 6.07) is 7.70. The molecule has 0 radical (unpaired) electrons. The molecule has 0 fully saturated rings. The molecule has 0 saturated carbocycles. The summed E-state index contributed by atoms with van der Waals surface area (Å²) in [4.78, 5) is 25.0. The van der Waals surface area contributed by atoms with Crippen LogP contribution in [-0.4, -0.2) is 33.7 Å². The van der Waals surface area contributed by atoms with E-state index in [9.17, 15) is 17.6 Å². The molecule has 0 amide bonds. The van der Waals surface area contributed by atoms with Gasteiger partial charge >= 0.3 is 0 Å². The highest BCUT2D eigenvalue weighted by Crippen LogP contribution is 2.29. The highest BCUT2D eigenvalue weighted by Gasteiger charge is 2.23. The third-order valence-electron chi connectivity index (χ3n) is 4.83. The molecule has 0 atom stereocenters. The smallest absolute Gasteiger partial charge is 0.265 e. The first kappa shape index (κ1) is 21.4. The van der Waals surface area contributed by atoms with Crippen LogP contribution in [-0.2, 0) is 10.0 Å². The second kappa shape index (κ2) is 8.00. The molecule has 0 bridgehead atoms. The molecule has 4 rings (SSSR count). The maximum absolute atomic E-state index is 14.0. The number of carbonyl (C=O) groups is 1. The minimum atomic E-state index is -4.24. The number of pyridine rings is 1. The number of nitrogens with one attached hydrogen (secondary N) is 1. The van der Waals surface area contributed by atoms with Crippen LogP contribution in [0.15, 0.2) is 60.0 Å². The zero-order valence-corrected chi connectivity index (χ0v) is 18.0. The fraction of sp³-hybridized carbons (Fsp3) is 0.143. The van der Waals surface area contributed by atoms with Gasteiger partial charge in [-0.25, -0.2) is 27.8 Å². The molecule has 0 saturated heterocycles. The third-order valence-corrected chi connectivity index (χ3v) is 6.21. The lowest BCUT2D eigenvalue weighted by Crippen LogP contribution is -2.16. The van der Waals surface area contributed by atoms with Gasteiger partial charge in [0.05, 0.1) is 10.9 Å². The Kier molecular flexibility index (Phi) is 5.35. The van der Waals surface area contributed by atoms with Crippen molar-refractivity contribution in [3.63, 3.8) is 0 Å². The van der Waals surface area contributed by atoms with Crippen molar-refractivity contribution >= 4 is 38.5 Å². The number of aromatic nitrogens is 4. The van der Waals surface area contributed by atoms with Gasteiger partial charge in [-0.1, -0.05) is 12.1 Å². The van der Waals surface area contributed by atoms with Gasteiger partial charge in [-0.3, -0.25) is 9.52 Å². The van der Waals surface area contributed by atoms with Crippen molar-refractivity contribution < 1.29 is 17.6 Å². The predicted molar refractivity (Wildman–Crippen MR) is 117 cm³/mol. The largest absolute Gasteiger partial charge is 0.383 e. The number of ketones is 1. The molecule has 164 valence electrons. The molecule has 3 aromatic heterocycles. The van der Waals surface area contributed by atoms with Crippen molar-refractivity contribution in [2.45, 2.75) is 24.8 Å². The lowest BCUT2D eigenvalue weighted by atomic mass is 10.0. The number of rotatable bonds is 6. The van der Waals surface area contributed by atoms with Gasteiger partial charge in [-0.2, -0.15) is 0 Å². The first-order valence-corrected chi connectivity index (χ1v) is 11.1. The molecule has 4 aromatic rings. The maximum atomic E-state index is 14.0. The van der Waals surface area contributed by atoms with Crippen molar-refractivity contribution in [1.29, 1.82) is 0 Å². The number of anilines is 2. The molecule has 3 N–H and O–H groups in total. The van der Waals surface area contributed by atoms with Gasteiger partial charge < -0.3 is 10.3 Å². The van der Waals surface area contributed by atoms with E-state index in [1.54, 1.807) is 6.20 Å². The summed E-state index contributed by atoms with van der Waals surface area (Å²) in [6.07, 6.45) is 4.26. The minimum Gasteiger partial charge on any atom is -0.383 e. The average Bonchev–Trinajstić information content (AvgIpc) is 3.14. The van der Waals surface area contributed by atoms with Crippen LogP contribution in [0.3, 0.4) is 0 Å². The van der Waals surface area contributed by atoms with Crippen LogP contribution in [0.5, 0.6) is 0 Å². The van der Waals surface area contributed by atoms with E-state index in [2.05, 4.69) is 19.7 Å². The van der Waals surface area contributed by atoms with E-state index in [0.29, 0.717) is 11.0 Å². The molecular formula is C21H19FN6O3S. The van der Waals surface area contributed by atoms with Crippen molar-refractivity contribution in [3.05, 3.63) is 72.1 Å². The van der Waals surface area contributed by atoms with Gasteiger partial charge in [0, 0.05) is 24.0 Å². The number of benzene rings is 1. The van der Waals surface area contributed by atoms with Gasteiger partial charge in [0.2, 0.25) is 0 Å². The van der Waals surface area contributed by atoms with Crippen LogP contribution in [0.2, 0.25) is 0 Å². The number of hydrogen-bond acceptors (Lipinski definition) is 7. The monoisotopic (exact) mass is 454 g/mol. The second-order valence-electron chi connectivity index (χ2n) is 7.30. The van der Waals surface area contributed by atoms with E-state index < -0.39 is 26.5 Å². The Morgan fingerprint density at radius 3 is 2.62 bits per heavy atom. The Morgan fingerprint density at radius 1 is 1.16 bits per heavy atom. The van der Waals surface area contributed by atoms with Crippen molar-refractivity contribution in [3.8, 4) is 0 Å². The Bertz CT molecular complexity index is 1450. The first-order valence-electron chi connectivity index (χ1n) is 9.58. The standard InChI is InChI=1S/C21H19FN6O3S/c1-12(2)28-10-14(18-20(23)25-11-26-21(18)28)19(29)13-7-8-24-17(9-13)27-32(30,31)16-6-4-3-5-15(16)22/h3-12H,1-2H3,(H,24,27)(H2,23,25,26). The molecule has 1 aromatic carbocycles. The van der Waals surface area contributed by atoms with Crippen LogP contribution < -0.4 is 10.5 Å². The lowest BCUT2D eigenvalue weighted by molar-refractivity contribution is 0.104. The summed E-state index contributed by atoms with van der Waals surface area (Å²) in [5.41, 5.74) is 6.98. The maximum Gasteiger partial charge on any atom is 0.265 e. The summed E-state index contributed by atoms with van der Waals surface area (Å²) >= 11 is 0. The minimum absolute atomic E-state index is 0.00827. The van der Waals surface area contributed by atoms with E-state index in [0.717, 1.165) is 12.1 Å². The Morgan fingerprint density at radius 2 is 1.91 bits per heavy atom. The number of hydrogen-bond donors (Lipinski definition) is 2. The predicted octanol–water partition coefficient (Wildman–Crippen LogP) is 3.16. The topological polar surface area (TPSA) is 133 Å². The average molecular weight is 454 g/mol. The van der Waals surface area contributed by atoms with E-state index in [4.69, 9.17) is 5.73 Å². The van der Waals surface area contributed by atoms with Crippen molar-refractivity contribution in [1.82, 2.24) is 19.5 Å². The summed E-state index contributed by atoms with van der Waals surface area (Å²) in [5, 5.41) is 0.413. The molecule has 32 heavy (non-hydrogen) atoms. The van der Waals surface area contributed by atoms with Gasteiger partial charge in [-0.05, 0) is 38.1 Å². The molecule has 11 heteroatoms. The Hall–Kier alpha value is -3.86. The van der Waals surface area contributed by atoms with E-state index in [1.165, 1.54) is 36.8 Å². The highest BCUT2D eigenvalue weighted by atomic mass is 32.2. The SMILES string of the molecule is CC(C)n1cc(C(=O)c2ccnc(NS(=O)(=O)c3ccccc3F)c2)c2c(N)ncnc21. The third kappa shape index (κ3) is 3.78. The molecule has 0 unspecified atom stereocenters. The second-order valence-corrected chi connectivity index (χ2v) is 8.95. The van der Waals surface area contributed by atoms with Crippen LogP contribution in [0.4, 0.5) is 16.0 Å². The molecule has 9 nitrogen and oxygen atoms in total. The van der Waals surface area contributed by atoms with Crippen molar-refractivity contribution in [2.75, 3.05) is 10.5 Å². The van der Waals surface area contributed by atoms with E-state index >= 15 is 0 Å². The van der Waals surface area contributed by atoms with Gasteiger partial charge in [0.15, 0.2) is 5.78 Å². The number of sulfonamides is 1. The molecule has 0 spiro atoms. The zero-order valence-electron chi connectivity index (χ0n) is 17.2. The summed E-state index contributed by atoms with van der Waals surface area (Å²) in [6.45, 7) is 3.88. The summed E-state index contributed by atoms with van der Waals surface area (Å²) in [7, 11) is -4.24. The summed E-state index contributed by atoms with van der Waals surface area (Å²) in [5.74, 6) is -1.28. The first-order chi connectivity index (χ1) is 15.2. The quantitative estimate of drug-likeness (QED) is 0.428. The Labute approximate surface area is 183 Å². The molecule has 0 aliphatic rings. The highest BCUT2D eigenvalue weighted by molar-refractivity contribution is 7.92. The van der Waals surface area contributed by atoms with Crippen LogP contribution in [0.1, 0.15) is 35.8 Å². The number of nitrogens with two attached hydrogens (primary N) is 1. The fourth-order valence-electron chi connectivity index (χ4n) is 3.31. The zero-order chi connectivity index (χ0) is 23.0. The molecule has 3 heterocycles. The van der Waals surface area contributed by atoms with E-state index in [1.807, 2.05) is 18.4 Å². The number of carbonyl (C=O) groups excluding carboxylic acids is 1. The number of halogens is 1. The van der Waals surface area contributed by atoms with Crippen molar-refractivity contribution in [2.24, 2.45) is 0 Å². The molecular weight excluding hydrogens is 435 g/mol. The number of nitrogen functional groups attached to an aromatic ring is 1. The molecule has 0 aliphatic heterocycles. The Balaban J connectivity index is 1.74. The normalized spacial score (nSPS) is 11.8. The van der Waals surface area contributed by atoms with E-state index in [-0.39, 0.29) is 28.8 Å². The lowest BCUT2D eigenvalue weighted by Gasteiger charge is -2.09. The van der Waals surface area contributed by atoms with Gasteiger partial charge in [-0.15, -0.1) is 0 Å². The van der Waals surface area contributed by atoms with Gasteiger partial charge in [0.1, 0.15) is 34.3 Å². The van der Waals surface area contributed by atoms with Gasteiger partial charge in [0.25, 0.3) is 10.0 Å². The molecule has 0 aliphatic carbocycles. The van der Waals surface area contributed by atoms with Crippen LogP contribution >= 0.6 is 0 Å².